The van der Waals surface area contributed by atoms with Crippen LogP contribution < -0.4 is 0 Å². The third-order valence-electron chi connectivity index (χ3n) is 4.20. The highest BCUT2D eigenvalue weighted by Crippen LogP contribution is 2.28. The summed E-state index contributed by atoms with van der Waals surface area (Å²) >= 11 is 0. The molecule has 0 saturated carbocycles. The van der Waals surface area contributed by atoms with Crippen LogP contribution in [0.2, 0.25) is 0 Å². The highest BCUT2D eigenvalue weighted by atomic mass is 19.2. The van der Waals surface area contributed by atoms with Gasteiger partial charge in [0.05, 0.1) is 11.3 Å². The summed E-state index contributed by atoms with van der Waals surface area (Å²) < 4.78 is 29.0. The summed E-state index contributed by atoms with van der Waals surface area (Å²) in [7, 11) is 1.77. The Kier molecular flexibility index (Phi) is 4.49. The van der Waals surface area contributed by atoms with E-state index in [9.17, 15) is 13.6 Å². The summed E-state index contributed by atoms with van der Waals surface area (Å²) in [4.78, 5) is 12.6. The molecule has 0 aliphatic heterocycles. The third-order valence-corrected chi connectivity index (χ3v) is 4.20. The van der Waals surface area contributed by atoms with E-state index in [1.807, 2.05) is 24.3 Å². The van der Waals surface area contributed by atoms with E-state index in [0.29, 0.717) is 16.8 Å². The predicted octanol–water partition coefficient (Wildman–Crippen LogP) is 4.41. The van der Waals surface area contributed by atoms with E-state index in [0.717, 1.165) is 11.1 Å². The number of aromatic nitrogens is 2. The van der Waals surface area contributed by atoms with Crippen molar-refractivity contribution in [3.63, 3.8) is 0 Å². The molecule has 0 atom stereocenters. The smallest absolute Gasteiger partial charge is 0.170 e. The van der Waals surface area contributed by atoms with E-state index in [2.05, 4.69) is 5.10 Å². The lowest BCUT2D eigenvalue weighted by molar-refractivity contribution is 0.0992. The second-order valence-corrected chi connectivity index (χ2v) is 6.15. The van der Waals surface area contributed by atoms with E-state index >= 15 is 0 Å². The molecule has 0 radical (unpaired) electrons. The maximum Gasteiger partial charge on any atom is 0.170 e. The van der Waals surface area contributed by atoms with Crippen molar-refractivity contribution in [2.45, 2.75) is 20.3 Å². The van der Waals surface area contributed by atoms with Crippen molar-refractivity contribution < 1.29 is 13.6 Å². The Morgan fingerprint density at radius 2 is 1.88 bits per heavy atom. The van der Waals surface area contributed by atoms with Crippen molar-refractivity contribution in [2.24, 2.45) is 7.05 Å². The van der Waals surface area contributed by atoms with Crippen LogP contribution in [0.3, 0.4) is 0 Å². The molecule has 128 valence electrons. The van der Waals surface area contributed by atoms with Crippen molar-refractivity contribution in [3.8, 4) is 11.1 Å². The fourth-order valence-electron chi connectivity index (χ4n) is 2.98. The number of halogens is 2. The van der Waals surface area contributed by atoms with Crippen LogP contribution in [-0.4, -0.2) is 15.6 Å². The summed E-state index contributed by atoms with van der Waals surface area (Å²) in [5.74, 6) is -1.79. The van der Waals surface area contributed by atoms with E-state index in [4.69, 9.17) is 0 Å². The summed E-state index contributed by atoms with van der Waals surface area (Å²) in [5, 5.41) is 4.19. The molecule has 0 amide bonds. The van der Waals surface area contributed by atoms with Gasteiger partial charge in [0.25, 0.3) is 0 Å². The molecular weight excluding hydrogens is 322 g/mol. The van der Waals surface area contributed by atoms with Gasteiger partial charge < -0.3 is 0 Å². The molecule has 0 saturated heterocycles. The number of carbonyl (C=O) groups is 1. The van der Waals surface area contributed by atoms with Gasteiger partial charge in [-0.2, -0.15) is 5.10 Å². The lowest BCUT2D eigenvalue weighted by Crippen LogP contribution is -2.05. The van der Waals surface area contributed by atoms with Gasteiger partial charge in [-0.05, 0) is 48.2 Å². The van der Waals surface area contributed by atoms with Crippen LogP contribution in [-0.2, 0) is 13.5 Å². The Labute approximate surface area is 144 Å². The summed E-state index contributed by atoms with van der Waals surface area (Å²) in [6, 6.07) is 10.0. The van der Waals surface area contributed by atoms with Gasteiger partial charge in [0.1, 0.15) is 0 Å². The fraction of sp³-hybridized carbons (Fsp3) is 0.200. The number of Topliss-reactive ketones (excluding diaryl/α,β-unsaturated/α-hetero) is 1. The molecule has 2 aromatic carbocycles. The quantitative estimate of drug-likeness (QED) is 0.660. The lowest BCUT2D eigenvalue weighted by Gasteiger charge is -2.11. The Morgan fingerprint density at radius 1 is 1.16 bits per heavy atom. The van der Waals surface area contributed by atoms with Crippen LogP contribution in [0.5, 0.6) is 0 Å². The van der Waals surface area contributed by atoms with Gasteiger partial charge >= 0.3 is 0 Å². The maximum absolute atomic E-state index is 13.8. The molecule has 0 fully saturated rings. The molecule has 0 bridgehead atoms. The van der Waals surface area contributed by atoms with Crippen molar-refractivity contribution in [1.82, 2.24) is 9.78 Å². The van der Waals surface area contributed by atoms with Crippen LogP contribution >= 0.6 is 0 Å². The second-order valence-electron chi connectivity index (χ2n) is 6.15. The molecule has 25 heavy (non-hydrogen) atoms. The summed E-state index contributed by atoms with van der Waals surface area (Å²) in [6.45, 7) is 3.31. The van der Waals surface area contributed by atoms with Crippen LogP contribution in [0.25, 0.3) is 11.1 Å². The Balaban J connectivity index is 1.99. The van der Waals surface area contributed by atoms with Gasteiger partial charge in [0.15, 0.2) is 17.4 Å². The highest BCUT2D eigenvalue weighted by molar-refractivity contribution is 5.99. The normalized spacial score (nSPS) is 10.9. The molecule has 0 spiro atoms. The average Bonchev–Trinajstić information content (AvgIpc) is 2.91. The number of nitrogens with zero attached hydrogens (tertiary/aromatic N) is 2. The Hall–Kier alpha value is -2.82. The first-order chi connectivity index (χ1) is 11.9. The van der Waals surface area contributed by atoms with Crippen LogP contribution in [0.1, 0.15) is 27.2 Å². The first kappa shape index (κ1) is 17.0. The zero-order valence-corrected chi connectivity index (χ0v) is 14.3. The van der Waals surface area contributed by atoms with Crippen molar-refractivity contribution in [3.05, 3.63) is 76.6 Å². The Bertz CT molecular complexity index is 937. The SMILES string of the molecule is Cc1cc(-c2ccccc2CC(=O)c2cn(C)nc2C)cc(F)c1F. The van der Waals surface area contributed by atoms with Crippen molar-refractivity contribution in [1.29, 1.82) is 0 Å². The second kappa shape index (κ2) is 6.59. The fourth-order valence-corrected chi connectivity index (χ4v) is 2.98. The lowest BCUT2D eigenvalue weighted by atomic mass is 9.94. The Morgan fingerprint density at radius 3 is 2.52 bits per heavy atom. The molecule has 3 nitrogen and oxygen atoms in total. The van der Waals surface area contributed by atoms with Crippen LogP contribution in [0.15, 0.2) is 42.6 Å². The van der Waals surface area contributed by atoms with E-state index < -0.39 is 11.6 Å². The standard InChI is InChI=1S/C20H18F2N2O/c1-12-8-15(9-18(21)20(12)22)16-7-5-4-6-14(16)10-19(25)17-11-24(3)23-13(17)2/h4-9,11H,10H2,1-3H3. The van der Waals surface area contributed by atoms with Crippen molar-refractivity contribution in [2.75, 3.05) is 0 Å². The number of carbonyl (C=O) groups excluding carboxylic acids is 1. The molecule has 5 heteroatoms. The zero-order valence-electron chi connectivity index (χ0n) is 14.3. The van der Waals surface area contributed by atoms with Gasteiger partial charge in [0.2, 0.25) is 0 Å². The van der Waals surface area contributed by atoms with Crippen molar-refractivity contribution >= 4 is 5.78 Å². The molecule has 0 N–H and O–H groups in total. The molecule has 3 aromatic rings. The first-order valence-corrected chi connectivity index (χ1v) is 7.94. The third kappa shape index (κ3) is 3.36. The topological polar surface area (TPSA) is 34.9 Å². The van der Waals surface area contributed by atoms with Crippen LogP contribution in [0.4, 0.5) is 8.78 Å². The zero-order chi connectivity index (χ0) is 18.1. The van der Waals surface area contributed by atoms with Gasteiger partial charge in [-0.15, -0.1) is 0 Å². The van der Waals surface area contributed by atoms with Gasteiger partial charge in [-0.1, -0.05) is 24.3 Å². The number of ketones is 1. The molecular formula is C20H18F2N2O. The molecule has 0 aliphatic rings. The minimum atomic E-state index is -0.890. The van der Waals surface area contributed by atoms with Gasteiger partial charge in [-0.3, -0.25) is 9.48 Å². The predicted molar refractivity (Wildman–Crippen MR) is 92.5 cm³/mol. The molecule has 1 heterocycles. The number of hydrogen-bond acceptors (Lipinski definition) is 2. The monoisotopic (exact) mass is 340 g/mol. The number of aryl methyl sites for hydroxylation is 3. The summed E-state index contributed by atoms with van der Waals surface area (Å²) in [5.41, 5.74) is 3.52. The van der Waals surface area contributed by atoms with Gasteiger partial charge in [-0.25, -0.2) is 8.78 Å². The largest absolute Gasteiger partial charge is 0.294 e. The molecule has 1 aromatic heterocycles. The van der Waals surface area contributed by atoms with Crippen LogP contribution in [0, 0.1) is 25.5 Å². The average molecular weight is 340 g/mol. The summed E-state index contributed by atoms with van der Waals surface area (Å²) in [6.07, 6.45) is 1.86. The highest BCUT2D eigenvalue weighted by Gasteiger charge is 2.16. The van der Waals surface area contributed by atoms with Gasteiger partial charge in [0, 0.05) is 19.7 Å². The minimum absolute atomic E-state index is 0.0580. The van der Waals surface area contributed by atoms with E-state index in [-0.39, 0.29) is 17.8 Å². The number of rotatable bonds is 4. The van der Waals surface area contributed by atoms with E-state index in [1.54, 1.807) is 30.9 Å². The maximum atomic E-state index is 13.8. The first-order valence-electron chi connectivity index (χ1n) is 7.94. The minimum Gasteiger partial charge on any atom is -0.294 e. The molecule has 0 unspecified atom stereocenters. The number of benzene rings is 2. The molecule has 0 aliphatic carbocycles. The number of hydrogen-bond donors (Lipinski definition) is 0. The molecule has 3 rings (SSSR count). The van der Waals surface area contributed by atoms with E-state index in [1.165, 1.54) is 13.0 Å².